The average Bonchev–Trinajstić information content (AvgIpc) is 3.20. The first-order chi connectivity index (χ1) is 11.9. The van der Waals surface area contributed by atoms with Crippen LogP contribution in [-0.2, 0) is 16.0 Å². The Balaban J connectivity index is 1.28. The molecular weight excluding hydrogens is 310 g/mol. The highest BCUT2D eigenvalue weighted by Crippen LogP contribution is 2.28. The normalized spacial score (nSPS) is 21.8. The number of hydrogen-bond donors (Lipinski definition) is 1. The SMILES string of the molecule is c1nc(-c2cn(CCOCC3CCCCO3)nn2)c(C2CNC2)o1. The molecule has 24 heavy (non-hydrogen) atoms. The molecule has 0 aliphatic carbocycles. The molecule has 2 aliphatic heterocycles. The fraction of sp³-hybridized carbons (Fsp3) is 0.688. The molecule has 2 aromatic rings. The van der Waals surface area contributed by atoms with Crippen LogP contribution in [0.2, 0.25) is 0 Å². The Labute approximate surface area is 140 Å². The van der Waals surface area contributed by atoms with Crippen molar-refractivity contribution in [2.45, 2.75) is 37.8 Å². The summed E-state index contributed by atoms with van der Waals surface area (Å²) in [6, 6.07) is 0. The fourth-order valence-corrected chi connectivity index (χ4v) is 3.04. The van der Waals surface area contributed by atoms with Crippen molar-refractivity contribution < 1.29 is 13.9 Å². The standard InChI is InChI=1S/C16H23N5O3/c1-2-5-23-13(3-1)10-22-6-4-21-9-14(19-20-21)15-16(24-11-18-15)12-7-17-8-12/h9,11-13,17H,1-8,10H2. The lowest BCUT2D eigenvalue weighted by molar-refractivity contribution is -0.0421. The maximum atomic E-state index is 5.71. The lowest BCUT2D eigenvalue weighted by atomic mass is 9.98. The third-order valence-electron chi connectivity index (χ3n) is 4.57. The number of aromatic nitrogens is 4. The third kappa shape index (κ3) is 3.50. The molecule has 1 atom stereocenters. The van der Waals surface area contributed by atoms with Crippen LogP contribution in [0.5, 0.6) is 0 Å². The van der Waals surface area contributed by atoms with E-state index in [0.29, 0.717) is 25.7 Å². The number of nitrogens with one attached hydrogen (secondary N) is 1. The highest BCUT2D eigenvalue weighted by atomic mass is 16.5. The summed E-state index contributed by atoms with van der Waals surface area (Å²) < 4.78 is 18.7. The molecule has 0 spiro atoms. The molecule has 2 saturated heterocycles. The zero-order valence-electron chi connectivity index (χ0n) is 13.7. The monoisotopic (exact) mass is 333 g/mol. The van der Waals surface area contributed by atoms with E-state index in [-0.39, 0.29) is 6.10 Å². The summed E-state index contributed by atoms with van der Waals surface area (Å²) in [5.41, 5.74) is 1.55. The van der Waals surface area contributed by atoms with E-state index in [4.69, 9.17) is 13.9 Å². The van der Waals surface area contributed by atoms with Crippen molar-refractivity contribution in [2.24, 2.45) is 0 Å². The number of nitrogens with zero attached hydrogens (tertiary/aromatic N) is 4. The van der Waals surface area contributed by atoms with Gasteiger partial charge in [0.1, 0.15) is 17.1 Å². The summed E-state index contributed by atoms with van der Waals surface area (Å²) in [5, 5.41) is 11.6. The first-order valence-corrected chi connectivity index (χ1v) is 8.64. The lowest BCUT2D eigenvalue weighted by Gasteiger charge is -2.25. The first-order valence-electron chi connectivity index (χ1n) is 8.64. The Kier molecular flexibility index (Phi) is 4.86. The van der Waals surface area contributed by atoms with Gasteiger partial charge in [-0.15, -0.1) is 5.10 Å². The molecule has 0 radical (unpaired) electrons. The molecule has 0 saturated carbocycles. The van der Waals surface area contributed by atoms with E-state index >= 15 is 0 Å². The van der Waals surface area contributed by atoms with Crippen molar-refractivity contribution in [3.8, 4) is 11.4 Å². The van der Waals surface area contributed by atoms with Gasteiger partial charge in [0.05, 0.1) is 32.1 Å². The van der Waals surface area contributed by atoms with Crippen LogP contribution in [0.15, 0.2) is 17.0 Å². The Morgan fingerprint density at radius 2 is 2.29 bits per heavy atom. The first kappa shape index (κ1) is 15.7. The van der Waals surface area contributed by atoms with Gasteiger partial charge in [0.15, 0.2) is 6.39 Å². The number of rotatable bonds is 7. The van der Waals surface area contributed by atoms with Crippen molar-refractivity contribution in [3.63, 3.8) is 0 Å². The smallest absolute Gasteiger partial charge is 0.181 e. The second-order valence-corrected chi connectivity index (χ2v) is 6.35. The summed E-state index contributed by atoms with van der Waals surface area (Å²) in [7, 11) is 0. The van der Waals surface area contributed by atoms with Crippen LogP contribution in [-0.4, -0.2) is 59.0 Å². The van der Waals surface area contributed by atoms with Crippen molar-refractivity contribution in [1.82, 2.24) is 25.3 Å². The van der Waals surface area contributed by atoms with Gasteiger partial charge >= 0.3 is 0 Å². The van der Waals surface area contributed by atoms with E-state index < -0.39 is 0 Å². The molecule has 0 bridgehead atoms. The molecule has 8 heteroatoms. The minimum atomic E-state index is 0.249. The molecule has 4 heterocycles. The topological polar surface area (TPSA) is 87.2 Å². The predicted molar refractivity (Wildman–Crippen MR) is 85.5 cm³/mol. The Morgan fingerprint density at radius 1 is 1.33 bits per heavy atom. The summed E-state index contributed by atoms with van der Waals surface area (Å²) in [4.78, 5) is 4.30. The minimum absolute atomic E-state index is 0.249. The van der Waals surface area contributed by atoms with E-state index in [9.17, 15) is 0 Å². The van der Waals surface area contributed by atoms with Crippen LogP contribution in [0.4, 0.5) is 0 Å². The molecule has 1 unspecified atom stereocenters. The maximum absolute atomic E-state index is 5.71. The number of oxazole rings is 1. The van der Waals surface area contributed by atoms with Crippen molar-refractivity contribution in [3.05, 3.63) is 18.4 Å². The number of ether oxygens (including phenoxy) is 2. The van der Waals surface area contributed by atoms with Crippen molar-refractivity contribution in [2.75, 3.05) is 32.9 Å². The molecule has 4 rings (SSSR count). The van der Waals surface area contributed by atoms with E-state index in [1.165, 1.54) is 19.2 Å². The van der Waals surface area contributed by atoms with Gasteiger partial charge in [0, 0.05) is 25.6 Å². The largest absolute Gasteiger partial charge is 0.447 e. The van der Waals surface area contributed by atoms with Crippen LogP contribution >= 0.6 is 0 Å². The van der Waals surface area contributed by atoms with Gasteiger partial charge in [-0.25, -0.2) is 9.67 Å². The third-order valence-corrected chi connectivity index (χ3v) is 4.57. The summed E-state index contributed by atoms with van der Waals surface area (Å²) in [6.45, 7) is 4.63. The molecule has 2 aliphatic rings. The molecule has 0 amide bonds. The summed E-state index contributed by atoms with van der Waals surface area (Å²) in [6.07, 6.45) is 7.12. The van der Waals surface area contributed by atoms with Gasteiger partial charge in [0.2, 0.25) is 0 Å². The van der Waals surface area contributed by atoms with Crippen LogP contribution in [0, 0.1) is 0 Å². The highest BCUT2D eigenvalue weighted by Gasteiger charge is 2.27. The molecule has 0 aromatic carbocycles. The Bertz CT molecular complexity index is 646. The van der Waals surface area contributed by atoms with Crippen LogP contribution < -0.4 is 5.32 Å². The molecule has 1 N–H and O–H groups in total. The Hall–Kier alpha value is -1.77. The van der Waals surface area contributed by atoms with Crippen molar-refractivity contribution >= 4 is 0 Å². The van der Waals surface area contributed by atoms with E-state index in [0.717, 1.165) is 43.3 Å². The zero-order valence-corrected chi connectivity index (χ0v) is 13.7. The van der Waals surface area contributed by atoms with E-state index in [1.54, 1.807) is 4.68 Å². The van der Waals surface area contributed by atoms with Gasteiger partial charge in [-0.05, 0) is 19.3 Å². The van der Waals surface area contributed by atoms with Crippen LogP contribution in [0.3, 0.4) is 0 Å². The van der Waals surface area contributed by atoms with Gasteiger partial charge < -0.3 is 19.2 Å². The molecule has 2 aromatic heterocycles. The lowest BCUT2D eigenvalue weighted by Crippen LogP contribution is -2.39. The van der Waals surface area contributed by atoms with Crippen LogP contribution in [0.25, 0.3) is 11.4 Å². The minimum Gasteiger partial charge on any atom is -0.447 e. The molecular formula is C16H23N5O3. The quantitative estimate of drug-likeness (QED) is 0.762. The predicted octanol–water partition coefficient (Wildman–Crippen LogP) is 1.21. The number of hydrogen-bond acceptors (Lipinski definition) is 7. The highest BCUT2D eigenvalue weighted by molar-refractivity contribution is 5.55. The fourth-order valence-electron chi connectivity index (χ4n) is 3.04. The van der Waals surface area contributed by atoms with E-state index in [2.05, 4.69) is 20.6 Å². The molecule has 8 nitrogen and oxygen atoms in total. The maximum Gasteiger partial charge on any atom is 0.181 e. The molecule has 130 valence electrons. The van der Waals surface area contributed by atoms with Gasteiger partial charge in [-0.2, -0.15) is 0 Å². The second-order valence-electron chi connectivity index (χ2n) is 6.35. The summed E-state index contributed by atoms with van der Waals surface area (Å²) >= 11 is 0. The van der Waals surface area contributed by atoms with Gasteiger partial charge in [-0.3, -0.25) is 0 Å². The van der Waals surface area contributed by atoms with Crippen LogP contribution in [0.1, 0.15) is 30.9 Å². The van der Waals surface area contributed by atoms with Crippen molar-refractivity contribution in [1.29, 1.82) is 0 Å². The van der Waals surface area contributed by atoms with Gasteiger partial charge in [-0.1, -0.05) is 5.21 Å². The molecule has 2 fully saturated rings. The van der Waals surface area contributed by atoms with Gasteiger partial charge in [0.25, 0.3) is 0 Å². The summed E-state index contributed by atoms with van der Waals surface area (Å²) in [5.74, 6) is 1.28. The second kappa shape index (κ2) is 7.42. The average molecular weight is 333 g/mol. The zero-order chi connectivity index (χ0) is 16.2. The van der Waals surface area contributed by atoms with E-state index in [1.807, 2.05) is 6.20 Å². The Morgan fingerprint density at radius 3 is 3.08 bits per heavy atom.